The summed E-state index contributed by atoms with van der Waals surface area (Å²) in [6, 6.07) is 12.4. The minimum absolute atomic E-state index is 0.0598. The molecule has 34 heavy (non-hydrogen) atoms. The first kappa shape index (κ1) is 24.9. The molecule has 0 atom stereocenters. The second-order valence-electron chi connectivity index (χ2n) is 7.54. The molecule has 3 N–H and O–H groups in total. The number of benzene rings is 3. The summed E-state index contributed by atoms with van der Waals surface area (Å²) in [4.78, 5) is 36.5. The topological polar surface area (TPSA) is 87.3 Å². The van der Waals surface area contributed by atoms with Crippen LogP contribution in [-0.4, -0.2) is 30.7 Å². The van der Waals surface area contributed by atoms with Crippen LogP contribution in [0.5, 0.6) is 0 Å². The molecule has 0 aliphatic rings. The number of ketones is 1. The molecule has 0 bridgehead atoms. The van der Waals surface area contributed by atoms with E-state index < -0.39 is 11.6 Å². The Labute approximate surface area is 200 Å². The number of hydrogen-bond acceptors (Lipinski definition) is 4. The maximum Gasteiger partial charge on any atom is 0.251 e. The normalized spacial score (nSPS) is 10.5. The van der Waals surface area contributed by atoms with Gasteiger partial charge < -0.3 is 16.0 Å². The van der Waals surface area contributed by atoms with Gasteiger partial charge in [-0.2, -0.15) is 0 Å². The average molecular weight is 486 g/mol. The number of nitrogens with one attached hydrogen (secondary N) is 3. The lowest BCUT2D eigenvalue weighted by atomic mass is 9.96. The molecular weight excluding hydrogens is 464 g/mol. The van der Waals surface area contributed by atoms with Crippen LogP contribution in [0.15, 0.2) is 54.6 Å². The van der Waals surface area contributed by atoms with Gasteiger partial charge in [0.2, 0.25) is 5.91 Å². The van der Waals surface area contributed by atoms with Crippen molar-refractivity contribution in [3.8, 4) is 0 Å². The highest BCUT2D eigenvalue weighted by molar-refractivity contribution is 6.35. The first-order valence-corrected chi connectivity index (χ1v) is 10.7. The molecule has 0 heterocycles. The predicted octanol–water partition coefficient (Wildman–Crippen LogP) is 4.77. The highest BCUT2D eigenvalue weighted by Gasteiger charge is 2.18. The van der Waals surface area contributed by atoms with Gasteiger partial charge in [-0.15, -0.1) is 0 Å². The van der Waals surface area contributed by atoms with E-state index in [1.807, 2.05) is 0 Å². The zero-order valence-corrected chi connectivity index (χ0v) is 19.2. The second-order valence-corrected chi connectivity index (χ2v) is 7.95. The minimum atomic E-state index is -0.765. The molecule has 2 amide bonds. The first-order valence-electron chi connectivity index (χ1n) is 10.4. The Morgan fingerprint density at radius 3 is 2.29 bits per heavy atom. The third-order valence-corrected chi connectivity index (χ3v) is 5.27. The molecule has 3 aromatic carbocycles. The summed E-state index contributed by atoms with van der Waals surface area (Å²) < 4.78 is 27.0. The average Bonchev–Trinajstić information content (AvgIpc) is 2.78. The lowest BCUT2D eigenvalue weighted by Crippen LogP contribution is -2.33. The molecule has 0 fully saturated rings. The van der Waals surface area contributed by atoms with Gasteiger partial charge in [-0.25, -0.2) is 8.78 Å². The second kappa shape index (κ2) is 10.9. The number of anilines is 2. The van der Waals surface area contributed by atoms with Crippen LogP contribution in [0.25, 0.3) is 0 Å². The lowest BCUT2D eigenvalue weighted by molar-refractivity contribution is -0.118. The SMILES string of the molecule is CC(=O)NCCNC(=O)c1ccc(C)c(C(=O)c2ccc(Nc3ccc(F)cc3F)cc2Cl)c1. The van der Waals surface area contributed by atoms with Crippen molar-refractivity contribution in [2.24, 2.45) is 0 Å². The highest BCUT2D eigenvalue weighted by atomic mass is 35.5. The summed E-state index contributed by atoms with van der Waals surface area (Å²) in [6.07, 6.45) is 0. The van der Waals surface area contributed by atoms with Crippen molar-refractivity contribution < 1.29 is 23.2 Å². The third-order valence-electron chi connectivity index (χ3n) is 4.95. The molecule has 0 aromatic heterocycles. The quantitative estimate of drug-likeness (QED) is 0.317. The zero-order valence-electron chi connectivity index (χ0n) is 18.5. The Hall–Kier alpha value is -3.78. The molecule has 6 nitrogen and oxygen atoms in total. The Bertz CT molecular complexity index is 1260. The van der Waals surface area contributed by atoms with Gasteiger partial charge in [-0.3, -0.25) is 14.4 Å². The Morgan fingerprint density at radius 1 is 0.882 bits per heavy atom. The lowest BCUT2D eigenvalue weighted by Gasteiger charge is -2.12. The van der Waals surface area contributed by atoms with Crippen LogP contribution in [0.1, 0.15) is 38.8 Å². The van der Waals surface area contributed by atoms with E-state index in [0.29, 0.717) is 16.8 Å². The van der Waals surface area contributed by atoms with Gasteiger partial charge in [-0.05, 0) is 55.0 Å². The molecule has 3 rings (SSSR count). The predicted molar refractivity (Wildman–Crippen MR) is 127 cm³/mol. The number of amides is 2. The molecular formula is C25H22ClF2N3O3. The molecule has 3 aromatic rings. The summed E-state index contributed by atoms with van der Waals surface area (Å²) >= 11 is 6.34. The van der Waals surface area contributed by atoms with E-state index in [1.54, 1.807) is 25.1 Å². The number of carbonyl (C=O) groups excluding carboxylic acids is 3. The van der Waals surface area contributed by atoms with Crippen LogP contribution < -0.4 is 16.0 Å². The van der Waals surface area contributed by atoms with E-state index >= 15 is 0 Å². The molecule has 0 saturated heterocycles. The largest absolute Gasteiger partial charge is 0.355 e. The fourth-order valence-corrected chi connectivity index (χ4v) is 3.46. The minimum Gasteiger partial charge on any atom is -0.355 e. The summed E-state index contributed by atoms with van der Waals surface area (Å²) in [5, 5.41) is 8.18. The molecule has 9 heteroatoms. The van der Waals surface area contributed by atoms with Gasteiger partial charge in [0, 0.05) is 48.5 Å². The van der Waals surface area contributed by atoms with Gasteiger partial charge in [0.1, 0.15) is 11.6 Å². The zero-order chi connectivity index (χ0) is 24.8. The van der Waals surface area contributed by atoms with Crippen LogP contribution in [-0.2, 0) is 4.79 Å². The van der Waals surface area contributed by atoms with E-state index in [-0.39, 0.29) is 52.5 Å². The summed E-state index contributed by atoms with van der Waals surface area (Å²) in [5.41, 5.74) is 1.94. The van der Waals surface area contributed by atoms with Crippen LogP contribution in [0, 0.1) is 18.6 Å². The van der Waals surface area contributed by atoms with Crippen molar-refractivity contribution in [3.05, 3.63) is 93.5 Å². The molecule has 0 aliphatic carbocycles. The number of hydrogen-bond donors (Lipinski definition) is 3. The maximum absolute atomic E-state index is 13.9. The fraction of sp³-hybridized carbons (Fsp3) is 0.160. The molecule has 0 radical (unpaired) electrons. The van der Waals surface area contributed by atoms with Crippen molar-refractivity contribution in [1.29, 1.82) is 0 Å². The molecule has 0 aliphatic heterocycles. The Balaban J connectivity index is 1.77. The molecule has 0 saturated carbocycles. The number of carbonyl (C=O) groups is 3. The van der Waals surface area contributed by atoms with Crippen molar-refractivity contribution >= 4 is 40.6 Å². The van der Waals surface area contributed by atoms with Crippen LogP contribution in [0.2, 0.25) is 5.02 Å². The summed E-state index contributed by atoms with van der Waals surface area (Å²) in [7, 11) is 0. The fourth-order valence-electron chi connectivity index (χ4n) is 3.19. The van der Waals surface area contributed by atoms with E-state index in [0.717, 1.165) is 12.1 Å². The smallest absolute Gasteiger partial charge is 0.251 e. The van der Waals surface area contributed by atoms with E-state index in [9.17, 15) is 23.2 Å². The van der Waals surface area contributed by atoms with E-state index in [2.05, 4.69) is 16.0 Å². The molecule has 0 spiro atoms. The summed E-state index contributed by atoms with van der Waals surface area (Å²) in [6.45, 7) is 3.66. The van der Waals surface area contributed by atoms with Crippen molar-refractivity contribution in [2.45, 2.75) is 13.8 Å². The number of rotatable bonds is 8. The highest BCUT2D eigenvalue weighted by Crippen LogP contribution is 2.28. The molecule has 176 valence electrons. The van der Waals surface area contributed by atoms with Gasteiger partial charge in [0.15, 0.2) is 5.78 Å². The van der Waals surface area contributed by atoms with Crippen molar-refractivity contribution in [3.63, 3.8) is 0 Å². The first-order chi connectivity index (χ1) is 16.2. The monoisotopic (exact) mass is 485 g/mol. The number of halogens is 3. The summed E-state index contributed by atoms with van der Waals surface area (Å²) in [5.74, 6) is -2.42. The van der Waals surface area contributed by atoms with Gasteiger partial charge in [0.05, 0.1) is 10.7 Å². The van der Waals surface area contributed by atoms with E-state index in [4.69, 9.17) is 11.6 Å². The van der Waals surface area contributed by atoms with Gasteiger partial charge in [-0.1, -0.05) is 17.7 Å². The Morgan fingerprint density at radius 2 is 1.62 bits per heavy atom. The van der Waals surface area contributed by atoms with E-state index in [1.165, 1.54) is 31.2 Å². The maximum atomic E-state index is 13.9. The van der Waals surface area contributed by atoms with Crippen LogP contribution >= 0.6 is 11.6 Å². The standard InChI is InChI=1S/C25H22ClF2N3O3/c1-14-3-4-16(25(34)30-10-9-29-15(2)32)11-20(14)24(33)19-7-6-18(13-21(19)26)31-23-8-5-17(27)12-22(23)28/h3-8,11-13,31H,9-10H2,1-2H3,(H,29,32)(H,30,34). The van der Waals surface area contributed by atoms with Crippen LogP contribution in [0.4, 0.5) is 20.2 Å². The van der Waals surface area contributed by atoms with Crippen molar-refractivity contribution in [1.82, 2.24) is 10.6 Å². The van der Waals surface area contributed by atoms with Gasteiger partial charge >= 0.3 is 0 Å². The number of aryl methyl sites for hydroxylation is 1. The van der Waals surface area contributed by atoms with Crippen LogP contribution in [0.3, 0.4) is 0 Å². The third kappa shape index (κ3) is 6.17. The Kier molecular flexibility index (Phi) is 7.96. The van der Waals surface area contributed by atoms with Gasteiger partial charge in [0.25, 0.3) is 5.91 Å². The molecule has 0 unspecified atom stereocenters. The van der Waals surface area contributed by atoms with Crippen molar-refractivity contribution in [2.75, 3.05) is 18.4 Å².